The van der Waals surface area contributed by atoms with Crippen LogP contribution in [0, 0.1) is 12.8 Å². The van der Waals surface area contributed by atoms with E-state index in [1.54, 1.807) is 0 Å². The molecular formula is C10H16N4OS. The first-order valence-electron chi connectivity index (χ1n) is 5.49. The fourth-order valence-corrected chi connectivity index (χ4v) is 2.43. The molecule has 1 aliphatic heterocycles. The average molecular weight is 240 g/mol. The number of nitrogens with one attached hydrogen (secondary N) is 2. The van der Waals surface area contributed by atoms with Gasteiger partial charge in [-0.3, -0.25) is 10.1 Å². The van der Waals surface area contributed by atoms with Crippen LogP contribution in [0.4, 0.5) is 5.13 Å². The molecule has 0 spiro atoms. The van der Waals surface area contributed by atoms with E-state index in [4.69, 9.17) is 0 Å². The van der Waals surface area contributed by atoms with Crippen molar-refractivity contribution in [3.63, 3.8) is 0 Å². The van der Waals surface area contributed by atoms with Gasteiger partial charge < -0.3 is 5.32 Å². The van der Waals surface area contributed by atoms with E-state index >= 15 is 0 Å². The van der Waals surface area contributed by atoms with Crippen LogP contribution < -0.4 is 10.6 Å². The van der Waals surface area contributed by atoms with Gasteiger partial charge in [0.25, 0.3) is 0 Å². The topological polar surface area (TPSA) is 66.9 Å². The summed E-state index contributed by atoms with van der Waals surface area (Å²) in [5.41, 5.74) is 0. The Balaban J connectivity index is 1.92. The third-order valence-corrected chi connectivity index (χ3v) is 3.46. The molecule has 0 saturated carbocycles. The number of carbonyl (C=O) groups is 1. The number of aromatic nitrogens is 2. The molecule has 0 bridgehead atoms. The number of anilines is 1. The third-order valence-electron chi connectivity index (χ3n) is 2.74. The van der Waals surface area contributed by atoms with Crippen molar-refractivity contribution in [2.45, 2.75) is 32.7 Å². The Hall–Kier alpha value is -1.01. The quantitative estimate of drug-likeness (QED) is 0.814. The van der Waals surface area contributed by atoms with E-state index in [1.807, 2.05) is 6.92 Å². The molecule has 0 radical (unpaired) electrons. The summed E-state index contributed by atoms with van der Waals surface area (Å²) < 4.78 is 4.03. The van der Waals surface area contributed by atoms with Crippen LogP contribution in [-0.2, 0) is 4.79 Å². The lowest BCUT2D eigenvalue weighted by Gasteiger charge is -2.26. The molecule has 88 valence electrons. The van der Waals surface area contributed by atoms with Gasteiger partial charge in [-0.05, 0) is 32.2 Å². The molecule has 2 atom stereocenters. The average Bonchev–Trinajstić information content (AvgIpc) is 2.64. The van der Waals surface area contributed by atoms with Crippen LogP contribution in [0.3, 0.4) is 0 Å². The van der Waals surface area contributed by atoms with Gasteiger partial charge in [0.2, 0.25) is 11.0 Å². The van der Waals surface area contributed by atoms with Gasteiger partial charge in [-0.1, -0.05) is 6.92 Å². The van der Waals surface area contributed by atoms with Crippen LogP contribution in [0.5, 0.6) is 0 Å². The van der Waals surface area contributed by atoms with Gasteiger partial charge in [0, 0.05) is 11.5 Å². The van der Waals surface area contributed by atoms with Crippen molar-refractivity contribution in [3.8, 4) is 0 Å². The lowest BCUT2D eigenvalue weighted by atomic mass is 9.94. The molecule has 1 aromatic heterocycles. The van der Waals surface area contributed by atoms with E-state index in [0.717, 1.165) is 19.4 Å². The zero-order valence-corrected chi connectivity index (χ0v) is 10.3. The standard InChI is InChI=1S/C10H16N4OS/c1-6-3-4-11-8(5-6)9(15)13-10-12-7(2)14-16-10/h6,8,11H,3-5H2,1-2H3,(H,12,13,14,15). The Kier molecular flexibility index (Phi) is 3.50. The fraction of sp³-hybridized carbons (Fsp3) is 0.700. The highest BCUT2D eigenvalue weighted by molar-refractivity contribution is 7.09. The minimum absolute atomic E-state index is 0.00250. The van der Waals surface area contributed by atoms with Crippen LogP contribution in [0.2, 0.25) is 0 Å². The molecule has 1 aromatic rings. The molecule has 2 unspecified atom stereocenters. The summed E-state index contributed by atoms with van der Waals surface area (Å²) in [6.07, 6.45) is 2.03. The molecule has 6 heteroatoms. The normalized spacial score (nSPS) is 25.4. The SMILES string of the molecule is Cc1nsc(NC(=O)C2CC(C)CCN2)n1. The molecule has 2 heterocycles. The third kappa shape index (κ3) is 2.76. The van der Waals surface area contributed by atoms with Gasteiger partial charge in [0.1, 0.15) is 5.82 Å². The molecule has 1 amide bonds. The predicted molar refractivity (Wildman–Crippen MR) is 63.5 cm³/mol. The summed E-state index contributed by atoms with van der Waals surface area (Å²) in [6.45, 7) is 4.90. The number of nitrogens with zero attached hydrogens (tertiary/aromatic N) is 2. The first-order chi connectivity index (χ1) is 7.65. The number of carbonyl (C=O) groups excluding carboxylic acids is 1. The van der Waals surface area contributed by atoms with Crippen LogP contribution >= 0.6 is 11.5 Å². The molecule has 0 aromatic carbocycles. The van der Waals surface area contributed by atoms with E-state index in [9.17, 15) is 4.79 Å². The lowest BCUT2D eigenvalue weighted by Crippen LogP contribution is -2.45. The van der Waals surface area contributed by atoms with Crippen molar-refractivity contribution in [3.05, 3.63) is 5.82 Å². The molecule has 1 saturated heterocycles. The van der Waals surface area contributed by atoms with Crippen molar-refractivity contribution in [1.82, 2.24) is 14.7 Å². The zero-order valence-electron chi connectivity index (χ0n) is 9.49. The highest BCUT2D eigenvalue weighted by Gasteiger charge is 2.24. The molecule has 0 aliphatic carbocycles. The Bertz CT molecular complexity index is 379. The lowest BCUT2D eigenvalue weighted by molar-refractivity contribution is -0.119. The summed E-state index contributed by atoms with van der Waals surface area (Å²) in [4.78, 5) is 16.0. The van der Waals surface area contributed by atoms with E-state index in [1.165, 1.54) is 11.5 Å². The second kappa shape index (κ2) is 4.88. The first-order valence-corrected chi connectivity index (χ1v) is 6.27. The van der Waals surface area contributed by atoms with Crippen molar-refractivity contribution < 1.29 is 4.79 Å². The van der Waals surface area contributed by atoms with Gasteiger partial charge in [-0.15, -0.1) is 0 Å². The Labute approximate surface area is 98.8 Å². The molecule has 5 nitrogen and oxygen atoms in total. The first kappa shape index (κ1) is 11.5. The summed E-state index contributed by atoms with van der Waals surface area (Å²) in [5.74, 6) is 1.31. The van der Waals surface area contributed by atoms with E-state index in [2.05, 4.69) is 26.9 Å². The van der Waals surface area contributed by atoms with E-state index in [0.29, 0.717) is 16.9 Å². The maximum absolute atomic E-state index is 11.9. The Morgan fingerprint density at radius 2 is 2.44 bits per heavy atom. The number of hydrogen-bond acceptors (Lipinski definition) is 5. The van der Waals surface area contributed by atoms with Crippen molar-refractivity contribution >= 4 is 22.6 Å². The maximum atomic E-state index is 11.9. The summed E-state index contributed by atoms with van der Waals surface area (Å²) in [7, 11) is 0. The molecule has 16 heavy (non-hydrogen) atoms. The molecule has 2 rings (SSSR count). The largest absolute Gasteiger partial charge is 0.306 e. The minimum Gasteiger partial charge on any atom is -0.306 e. The number of rotatable bonds is 2. The van der Waals surface area contributed by atoms with E-state index < -0.39 is 0 Å². The number of piperidine rings is 1. The molecule has 1 fully saturated rings. The van der Waals surface area contributed by atoms with Gasteiger partial charge in [0.15, 0.2) is 0 Å². The summed E-state index contributed by atoms with van der Waals surface area (Å²) in [6, 6.07) is -0.0899. The highest BCUT2D eigenvalue weighted by Crippen LogP contribution is 2.17. The van der Waals surface area contributed by atoms with E-state index in [-0.39, 0.29) is 11.9 Å². The monoisotopic (exact) mass is 240 g/mol. The van der Waals surface area contributed by atoms with Gasteiger partial charge in [0.05, 0.1) is 6.04 Å². The molecular weight excluding hydrogens is 224 g/mol. The molecule has 2 N–H and O–H groups in total. The Morgan fingerprint density at radius 1 is 1.62 bits per heavy atom. The van der Waals surface area contributed by atoms with Crippen molar-refractivity contribution in [1.29, 1.82) is 0 Å². The fourth-order valence-electron chi connectivity index (χ4n) is 1.85. The smallest absolute Gasteiger partial charge is 0.243 e. The van der Waals surface area contributed by atoms with Crippen LogP contribution in [0.1, 0.15) is 25.6 Å². The predicted octanol–water partition coefficient (Wildman–Crippen LogP) is 1.17. The van der Waals surface area contributed by atoms with Crippen LogP contribution in [0.25, 0.3) is 0 Å². The van der Waals surface area contributed by atoms with Crippen LogP contribution in [-0.4, -0.2) is 27.9 Å². The molecule has 1 aliphatic rings. The van der Waals surface area contributed by atoms with Crippen LogP contribution in [0.15, 0.2) is 0 Å². The second-order valence-corrected chi connectivity index (χ2v) is 5.02. The minimum atomic E-state index is -0.0899. The summed E-state index contributed by atoms with van der Waals surface area (Å²) >= 11 is 1.22. The summed E-state index contributed by atoms with van der Waals surface area (Å²) in [5, 5.41) is 6.60. The maximum Gasteiger partial charge on any atom is 0.243 e. The van der Waals surface area contributed by atoms with Gasteiger partial charge in [-0.25, -0.2) is 4.98 Å². The second-order valence-electron chi connectivity index (χ2n) is 4.27. The Morgan fingerprint density at radius 3 is 3.06 bits per heavy atom. The van der Waals surface area contributed by atoms with Gasteiger partial charge >= 0.3 is 0 Å². The number of aryl methyl sites for hydroxylation is 1. The zero-order chi connectivity index (χ0) is 11.5. The van der Waals surface area contributed by atoms with Crippen molar-refractivity contribution in [2.75, 3.05) is 11.9 Å². The number of amides is 1. The number of hydrogen-bond donors (Lipinski definition) is 2. The highest BCUT2D eigenvalue weighted by atomic mass is 32.1. The van der Waals surface area contributed by atoms with Crippen molar-refractivity contribution in [2.24, 2.45) is 5.92 Å². The van der Waals surface area contributed by atoms with Gasteiger partial charge in [-0.2, -0.15) is 4.37 Å².